The largest absolute Gasteiger partial charge is 0.378 e. The Labute approximate surface area is 182 Å². The van der Waals surface area contributed by atoms with Gasteiger partial charge in [0, 0.05) is 31.2 Å². The zero-order valence-electron chi connectivity index (χ0n) is 17.2. The molecule has 8 heteroatoms. The lowest BCUT2D eigenvalue weighted by Gasteiger charge is -2.27. The smallest absolute Gasteiger partial charge is 0.232 e. The topological polar surface area (TPSA) is 75.2 Å². The third kappa shape index (κ3) is 6.06. The van der Waals surface area contributed by atoms with Crippen molar-refractivity contribution in [3.8, 4) is 0 Å². The second-order valence-electron chi connectivity index (χ2n) is 7.65. The Balaban J connectivity index is 1.44. The van der Waals surface area contributed by atoms with Gasteiger partial charge < -0.3 is 20.3 Å². The number of benzene rings is 1. The van der Waals surface area contributed by atoms with Crippen LogP contribution in [0.15, 0.2) is 35.9 Å². The van der Waals surface area contributed by atoms with Gasteiger partial charge in [0.2, 0.25) is 17.8 Å². The number of aromatic nitrogens is 3. The van der Waals surface area contributed by atoms with Gasteiger partial charge in [-0.15, -0.1) is 0 Å². The monoisotopic (exact) mass is 428 g/mol. The summed E-state index contributed by atoms with van der Waals surface area (Å²) >= 11 is 5.98. The molecule has 7 nitrogen and oxygen atoms in total. The number of morpholine rings is 1. The van der Waals surface area contributed by atoms with Gasteiger partial charge in [0.05, 0.1) is 13.2 Å². The van der Waals surface area contributed by atoms with Crippen LogP contribution in [0.1, 0.15) is 37.7 Å². The van der Waals surface area contributed by atoms with E-state index in [9.17, 15) is 0 Å². The van der Waals surface area contributed by atoms with E-state index in [0.29, 0.717) is 37.6 Å². The average molecular weight is 429 g/mol. The van der Waals surface area contributed by atoms with Crippen molar-refractivity contribution in [1.29, 1.82) is 0 Å². The van der Waals surface area contributed by atoms with Crippen molar-refractivity contribution >= 4 is 29.4 Å². The second kappa shape index (κ2) is 10.6. The summed E-state index contributed by atoms with van der Waals surface area (Å²) in [5.74, 6) is 1.87. The van der Waals surface area contributed by atoms with Gasteiger partial charge in [0.1, 0.15) is 0 Å². The standard InChI is InChI=1S/C22H29ClN6O/c23-19-8-6-18(7-9-19)16-25-21-26-20(24-11-10-17-4-2-1-3-5-17)27-22(28-21)29-12-14-30-15-13-29/h4,6-9H,1-3,5,10-16H2,(H2,24,25,26,27,28). The summed E-state index contributed by atoms with van der Waals surface area (Å²) in [6.07, 6.45) is 8.46. The van der Waals surface area contributed by atoms with Crippen molar-refractivity contribution < 1.29 is 4.74 Å². The van der Waals surface area contributed by atoms with Crippen LogP contribution >= 0.6 is 11.6 Å². The van der Waals surface area contributed by atoms with E-state index < -0.39 is 0 Å². The maximum Gasteiger partial charge on any atom is 0.232 e. The van der Waals surface area contributed by atoms with Gasteiger partial charge in [-0.2, -0.15) is 15.0 Å². The van der Waals surface area contributed by atoms with Crippen LogP contribution in [0, 0.1) is 0 Å². The number of hydrogen-bond donors (Lipinski definition) is 2. The van der Waals surface area contributed by atoms with Crippen LogP contribution < -0.4 is 15.5 Å². The lowest BCUT2D eigenvalue weighted by molar-refractivity contribution is 0.122. The van der Waals surface area contributed by atoms with Crippen molar-refractivity contribution in [2.24, 2.45) is 0 Å². The van der Waals surface area contributed by atoms with E-state index in [1.54, 1.807) is 0 Å². The molecule has 2 aliphatic rings. The Morgan fingerprint density at radius 3 is 2.47 bits per heavy atom. The molecule has 0 atom stereocenters. The maximum atomic E-state index is 5.98. The number of nitrogens with zero attached hydrogens (tertiary/aromatic N) is 4. The molecule has 1 aromatic carbocycles. The molecule has 2 heterocycles. The fourth-order valence-electron chi connectivity index (χ4n) is 3.68. The van der Waals surface area contributed by atoms with Crippen LogP contribution in [-0.2, 0) is 11.3 Å². The molecule has 1 aliphatic heterocycles. The lowest BCUT2D eigenvalue weighted by atomic mass is 9.97. The summed E-state index contributed by atoms with van der Waals surface area (Å²) in [6.45, 7) is 4.40. The van der Waals surface area contributed by atoms with E-state index in [4.69, 9.17) is 16.3 Å². The van der Waals surface area contributed by atoms with Crippen molar-refractivity contribution in [3.63, 3.8) is 0 Å². The lowest BCUT2D eigenvalue weighted by Crippen LogP contribution is -2.37. The molecule has 0 bridgehead atoms. The molecule has 30 heavy (non-hydrogen) atoms. The average Bonchev–Trinajstić information content (AvgIpc) is 2.80. The SMILES string of the molecule is Clc1ccc(CNc2nc(NCCC3=CCCCC3)nc(N3CCOCC3)n2)cc1. The van der Waals surface area contributed by atoms with E-state index in [-0.39, 0.29) is 0 Å². The Hall–Kier alpha value is -2.38. The Morgan fingerprint density at radius 2 is 1.73 bits per heavy atom. The van der Waals surface area contributed by atoms with Gasteiger partial charge in [-0.1, -0.05) is 35.4 Å². The van der Waals surface area contributed by atoms with Gasteiger partial charge in [-0.05, 0) is 49.8 Å². The first-order valence-electron chi connectivity index (χ1n) is 10.8. The first-order valence-corrected chi connectivity index (χ1v) is 11.1. The van der Waals surface area contributed by atoms with Crippen LogP contribution in [-0.4, -0.2) is 47.8 Å². The molecule has 0 unspecified atom stereocenters. The highest BCUT2D eigenvalue weighted by Gasteiger charge is 2.16. The van der Waals surface area contributed by atoms with Gasteiger partial charge in [0.25, 0.3) is 0 Å². The number of hydrogen-bond acceptors (Lipinski definition) is 7. The third-order valence-corrected chi connectivity index (χ3v) is 5.65. The van der Waals surface area contributed by atoms with Gasteiger partial charge in [-0.25, -0.2) is 0 Å². The molecule has 2 N–H and O–H groups in total. The number of allylic oxidation sites excluding steroid dienone is 1. The highest BCUT2D eigenvalue weighted by atomic mass is 35.5. The van der Waals surface area contributed by atoms with Crippen LogP contribution in [0.25, 0.3) is 0 Å². The van der Waals surface area contributed by atoms with Crippen molar-refractivity contribution in [2.45, 2.75) is 38.6 Å². The Morgan fingerprint density at radius 1 is 0.967 bits per heavy atom. The quantitative estimate of drug-likeness (QED) is 0.608. The first-order chi connectivity index (χ1) is 14.8. The van der Waals surface area contributed by atoms with E-state index in [1.807, 2.05) is 24.3 Å². The predicted octanol–water partition coefficient (Wildman–Crippen LogP) is 4.28. The van der Waals surface area contributed by atoms with Gasteiger partial charge >= 0.3 is 0 Å². The molecular formula is C22H29ClN6O. The van der Waals surface area contributed by atoms with Crippen molar-refractivity contribution in [2.75, 3.05) is 48.4 Å². The molecule has 0 amide bonds. The minimum Gasteiger partial charge on any atom is -0.378 e. The minimum absolute atomic E-state index is 0.570. The minimum atomic E-state index is 0.570. The van der Waals surface area contributed by atoms with Crippen LogP contribution in [0.5, 0.6) is 0 Å². The zero-order chi connectivity index (χ0) is 20.6. The molecule has 1 saturated heterocycles. The first kappa shape index (κ1) is 20.9. The molecule has 2 aromatic rings. The number of rotatable bonds is 8. The molecule has 160 valence electrons. The normalized spacial score (nSPS) is 16.8. The highest BCUT2D eigenvalue weighted by Crippen LogP contribution is 2.21. The number of halogens is 1. The zero-order valence-corrected chi connectivity index (χ0v) is 18.0. The van der Waals surface area contributed by atoms with E-state index >= 15 is 0 Å². The van der Waals surface area contributed by atoms with E-state index in [0.717, 1.165) is 36.6 Å². The molecular weight excluding hydrogens is 400 g/mol. The summed E-state index contributed by atoms with van der Waals surface area (Å²) in [4.78, 5) is 16.1. The highest BCUT2D eigenvalue weighted by molar-refractivity contribution is 6.30. The van der Waals surface area contributed by atoms with Crippen molar-refractivity contribution in [1.82, 2.24) is 15.0 Å². The van der Waals surface area contributed by atoms with Crippen LogP contribution in [0.3, 0.4) is 0 Å². The number of ether oxygens (including phenoxy) is 1. The third-order valence-electron chi connectivity index (χ3n) is 5.40. The molecule has 0 radical (unpaired) electrons. The van der Waals surface area contributed by atoms with E-state index in [1.165, 1.54) is 31.3 Å². The molecule has 1 aliphatic carbocycles. The Kier molecular flexibility index (Phi) is 7.37. The summed E-state index contributed by atoms with van der Waals surface area (Å²) < 4.78 is 5.47. The molecule has 0 spiro atoms. The van der Waals surface area contributed by atoms with Crippen LogP contribution in [0.4, 0.5) is 17.8 Å². The van der Waals surface area contributed by atoms with Gasteiger partial charge in [0.15, 0.2) is 0 Å². The number of nitrogens with one attached hydrogen (secondary N) is 2. The molecule has 4 rings (SSSR count). The van der Waals surface area contributed by atoms with E-state index in [2.05, 4.69) is 36.6 Å². The second-order valence-corrected chi connectivity index (χ2v) is 8.08. The van der Waals surface area contributed by atoms with Gasteiger partial charge in [-0.3, -0.25) is 0 Å². The predicted molar refractivity (Wildman–Crippen MR) is 121 cm³/mol. The summed E-state index contributed by atoms with van der Waals surface area (Å²) in [6, 6.07) is 7.77. The molecule has 0 saturated carbocycles. The molecule has 1 aromatic heterocycles. The summed E-state index contributed by atoms with van der Waals surface area (Å²) in [5.41, 5.74) is 2.66. The fraction of sp³-hybridized carbons (Fsp3) is 0.500. The number of anilines is 3. The Bertz CT molecular complexity index is 851. The van der Waals surface area contributed by atoms with Crippen LogP contribution in [0.2, 0.25) is 5.02 Å². The maximum absolute atomic E-state index is 5.98. The summed E-state index contributed by atoms with van der Waals surface area (Å²) in [7, 11) is 0. The summed E-state index contributed by atoms with van der Waals surface area (Å²) in [5, 5.41) is 7.45. The fourth-order valence-corrected chi connectivity index (χ4v) is 3.80. The van der Waals surface area contributed by atoms with Crippen molar-refractivity contribution in [3.05, 3.63) is 46.5 Å². The molecule has 1 fully saturated rings.